The Morgan fingerprint density at radius 1 is 1.20 bits per heavy atom. The molecule has 1 aromatic rings. The lowest BCUT2D eigenvalue weighted by Crippen LogP contribution is -2.31. The zero-order chi connectivity index (χ0) is 11.1. The van der Waals surface area contributed by atoms with Gasteiger partial charge in [0.15, 0.2) is 0 Å². The molecule has 1 aromatic carbocycles. The number of urea groups is 1. The van der Waals surface area contributed by atoms with Gasteiger partial charge in [0.25, 0.3) is 0 Å². The van der Waals surface area contributed by atoms with E-state index in [1.54, 1.807) is 12.1 Å². The van der Waals surface area contributed by atoms with Gasteiger partial charge in [0.05, 0.1) is 0 Å². The van der Waals surface area contributed by atoms with Crippen molar-refractivity contribution < 1.29 is 9.59 Å². The fourth-order valence-corrected chi connectivity index (χ4v) is 0.996. The number of nitrogens with one attached hydrogen (secondary N) is 2. The predicted octanol–water partition coefficient (Wildman–Crippen LogP) is 0.683. The molecule has 0 bridgehead atoms. The molecule has 80 valence electrons. The van der Waals surface area contributed by atoms with Gasteiger partial charge in [0.1, 0.15) is 0 Å². The highest BCUT2D eigenvalue weighted by Gasteiger charge is 2.00. The van der Waals surface area contributed by atoms with Crippen LogP contribution >= 0.6 is 0 Å². The molecule has 0 unspecified atom stereocenters. The number of hydrogen-bond donors (Lipinski definition) is 3. The summed E-state index contributed by atoms with van der Waals surface area (Å²) in [7, 11) is 0. The number of nitrogens with two attached hydrogens (primary N) is 1. The van der Waals surface area contributed by atoms with Gasteiger partial charge < -0.3 is 16.4 Å². The molecule has 0 aliphatic rings. The largest absolute Gasteiger partial charge is 0.370 e. The summed E-state index contributed by atoms with van der Waals surface area (Å²) in [5, 5.41) is 5.13. The summed E-state index contributed by atoms with van der Waals surface area (Å²) < 4.78 is 0. The number of carbonyl (C=O) groups excluding carboxylic acids is 2. The highest BCUT2D eigenvalue weighted by molar-refractivity contribution is 5.89. The predicted molar refractivity (Wildman–Crippen MR) is 57.3 cm³/mol. The lowest BCUT2D eigenvalue weighted by Gasteiger charge is -2.05. The minimum Gasteiger partial charge on any atom is -0.370 e. The number of primary amides is 1. The molecule has 0 saturated carbocycles. The smallest absolute Gasteiger partial charge is 0.319 e. The summed E-state index contributed by atoms with van der Waals surface area (Å²) >= 11 is 0. The standard InChI is InChI=1S/C10H13N3O2/c11-9(14)6-7-12-10(15)13-8-4-2-1-3-5-8/h1-5H,6-7H2,(H2,11,14)(H2,12,13,15). The van der Waals surface area contributed by atoms with Gasteiger partial charge in [-0.05, 0) is 12.1 Å². The Morgan fingerprint density at radius 2 is 1.87 bits per heavy atom. The van der Waals surface area contributed by atoms with Gasteiger partial charge in [-0.25, -0.2) is 4.79 Å². The number of anilines is 1. The lowest BCUT2D eigenvalue weighted by atomic mass is 10.3. The summed E-state index contributed by atoms with van der Waals surface area (Å²) in [5.74, 6) is -0.435. The molecule has 1 rings (SSSR count). The molecule has 5 heteroatoms. The maximum atomic E-state index is 11.2. The number of carbonyl (C=O) groups is 2. The van der Waals surface area contributed by atoms with Crippen LogP contribution in [0.3, 0.4) is 0 Å². The first kappa shape index (κ1) is 11.0. The van der Waals surface area contributed by atoms with Crippen LogP contribution in [0.1, 0.15) is 6.42 Å². The van der Waals surface area contributed by atoms with E-state index in [1.165, 1.54) is 0 Å². The highest BCUT2D eigenvalue weighted by atomic mass is 16.2. The van der Waals surface area contributed by atoms with Crippen molar-refractivity contribution in [2.45, 2.75) is 6.42 Å². The van der Waals surface area contributed by atoms with Gasteiger partial charge in [0.2, 0.25) is 5.91 Å². The van der Waals surface area contributed by atoms with Gasteiger partial charge in [-0.2, -0.15) is 0 Å². The van der Waals surface area contributed by atoms with Crippen LogP contribution in [0.2, 0.25) is 0 Å². The van der Waals surface area contributed by atoms with E-state index in [1.807, 2.05) is 18.2 Å². The first-order valence-corrected chi connectivity index (χ1v) is 4.56. The molecule has 0 aliphatic heterocycles. The summed E-state index contributed by atoms with van der Waals surface area (Å²) in [5.41, 5.74) is 5.62. The monoisotopic (exact) mass is 207 g/mol. The van der Waals surface area contributed by atoms with E-state index in [-0.39, 0.29) is 19.0 Å². The molecular weight excluding hydrogens is 194 g/mol. The molecule has 15 heavy (non-hydrogen) atoms. The van der Waals surface area contributed by atoms with Crippen molar-refractivity contribution in [1.82, 2.24) is 5.32 Å². The Morgan fingerprint density at radius 3 is 2.47 bits per heavy atom. The van der Waals surface area contributed by atoms with Gasteiger partial charge in [-0.1, -0.05) is 18.2 Å². The van der Waals surface area contributed by atoms with Crippen molar-refractivity contribution in [1.29, 1.82) is 0 Å². The van der Waals surface area contributed by atoms with Crippen LogP contribution < -0.4 is 16.4 Å². The number of para-hydroxylation sites is 1. The van der Waals surface area contributed by atoms with Crippen molar-refractivity contribution in [3.05, 3.63) is 30.3 Å². The van der Waals surface area contributed by atoms with Crippen LogP contribution in [0.4, 0.5) is 10.5 Å². The van der Waals surface area contributed by atoms with E-state index >= 15 is 0 Å². The Hall–Kier alpha value is -2.04. The van der Waals surface area contributed by atoms with Gasteiger partial charge in [0, 0.05) is 18.7 Å². The van der Waals surface area contributed by atoms with E-state index in [4.69, 9.17) is 5.73 Å². The highest BCUT2D eigenvalue weighted by Crippen LogP contribution is 2.03. The van der Waals surface area contributed by atoms with Crippen molar-refractivity contribution in [2.75, 3.05) is 11.9 Å². The van der Waals surface area contributed by atoms with E-state index in [0.717, 1.165) is 0 Å². The first-order valence-electron chi connectivity index (χ1n) is 4.56. The van der Waals surface area contributed by atoms with Crippen LogP contribution in [-0.4, -0.2) is 18.5 Å². The van der Waals surface area contributed by atoms with Crippen LogP contribution in [0.25, 0.3) is 0 Å². The average Bonchev–Trinajstić information content (AvgIpc) is 2.18. The molecule has 0 heterocycles. The van der Waals surface area contributed by atoms with Crippen LogP contribution in [0.15, 0.2) is 30.3 Å². The van der Waals surface area contributed by atoms with Crippen LogP contribution in [0.5, 0.6) is 0 Å². The number of hydrogen-bond acceptors (Lipinski definition) is 2. The molecular formula is C10H13N3O2. The SMILES string of the molecule is NC(=O)CCNC(=O)Nc1ccccc1. The van der Waals surface area contributed by atoms with Crippen LogP contribution in [0, 0.1) is 0 Å². The minimum absolute atomic E-state index is 0.141. The Kier molecular flexibility index (Phi) is 4.15. The normalized spacial score (nSPS) is 9.33. The number of amides is 3. The van der Waals surface area contributed by atoms with Gasteiger partial charge in [-0.15, -0.1) is 0 Å². The Balaban J connectivity index is 2.28. The molecule has 0 saturated heterocycles. The summed E-state index contributed by atoms with van der Waals surface area (Å²) in [6, 6.07) is 8.69. The Bertz CT molecular complexity index is 338. The van der Waals surface area contributed by atoms with Crippen LogP contribution in [-0.2, 0) is 4.79 Å². The molecule has 0 atom stereocenters. The third-order valence-electron chi connectivity index (χ3n) is 1.69. The number of benzene rings is 1. The van der Waals surface area contributed by atoms with Gasteiger partial charge >= 0.3 is 6.03 Å². The summed E-state index contributed by atoms with van der Waals surface area (Å²) in [6.45, 7) is 0.244. The third-order valence-corrected chi connectivity index (χ3v) is 1.69. The number of rotatable bonds is 4. The maximum absolute atomic E-state index is 11.2. The zero-order valence-corrected chi connectivity index (χ0v) is 8.19. The first-order chi connectivity index (χ1) is 7.18. The Labute approximate surface area is 87.7 Å². The van der Waals surface area contributed by atoms with Crippen molar-refractivity contribution in [3.8, 4) is 0 Å². The average molecular weight is 207 g/mol. The topological polar surface area (TPSA) is 84.2 Å². The van der Waals surface area contributed by atoms with E-state index in [9.17, 15) is 9.59 Å². The zero-order valence-electron chi connectivity index (χ0n) is 8.19. The second-order valence-corrected chi connectivity index (χ2v) is 2.96. The summed E-state index contributed by atoms with van der Waals surface area (Å²) in [6.07, 6.45) is 0.141. The molecule has 4 N–H and O–H groups in total. The fourth-order valence-electron chi connectivity index (χ4n) is 0.996. The summed E-state index contributed by atoms with van der Waals surface area (Å²) in [4.78, 5) is 21.6. The third kappa shape index (κ3) is 4.66. The molecule has 0 aromatic heterocycles. The fraction of sp³-hybridized carbons (Fsp3) is 0.200. The minimum atomic E-state index is -0.435. The van der Waals surface area contributed by atoms with E-state index in [2.05, 4.69) is 10.6 Å². The van der Waals surface area contributed by atoms with Crippen molar-refractivity contribution in [3.63, 3.8) is 0 Å². The molecule has 0 fully saturated rings. The van der Waals surface area contributed by atoms with Crippen molar-refractivity contribution >= 4 is 17.6 Å². The van der Waals surface area contributed by atoms with Crippen molar-refractivity contribution in [2.24, 2.45) is 5.73 Å². The van der Waals surface area contributed by atoms with Gasteiger partial charge in [-0.3, -0.25) is 4.79 Å². The molecule has 5 nitrogen and oxygen atoms in total. The van der Waals surface area contributed by atoms with E-state index < -0.39 is 5.91 Å². The maximum Gasteiger partial charge on any atom is 0.319 e. The molecule has 0 radical (unpaired) electrons. The lowest BCUT2D eigenvalue weighted by molar-refractivity contribution is -0.117. The molecule has 3 amide bonds. The second-order valence-electron chi connectivity index (χ2n) is 2.96. The molecule has 0 spiro atoms. The quantitative estimate of drug-likeness (QED) is 0.678. The van der Waals surface area contributed by atoms with E-state index in [0.29, 0.717) is 5.69 Å². The second kappa shape index (κ2) is 5.64. The molecule has 0 aliphatic carbocycles.